The number of hydrogen-bond acceptors (Lipinski definition) is 6. The molecule has 30 heavy (non-hydrogen) atoms. The van der Waals surface area contributed by atoms with Crippen LogP contribution in [0.1, 0.15) is 45.1 Å². The standard InChI is InChI=1S/C23H35NO6/c1-15(2)17(14-18(23(24)26)19-8-9-22(25)30-19)12-16-6-7-20(28-4)21(13-16)29-11-5-10-27-3/h6-7,13,15,17-19H,5,8-12,14H2,1-4H3,(H2,24,26). The molecule has 2 N–H and O–H groups in total. The van der Waals surface area contributed by atoms with Gasteiger partial charge in [0, 0.05) is 26.6 Å². The molecule has 1 fully saturated rings. The Hall–Kier alpha value is -2.28. The van der Waals surface area contributed by atoms with Crippen LogP contribution in [0.25, 0.3) is 0 Å². The number of cyclic esters (lactones) is 1. The predicted octanol–water partition coefficient (Wildman–Crippen LogP) is 3.12. The van der Waals surface area contributed by atoms with Crippen molar-refractivity contribution in [3.63, 3.8) is 0 Å². The number of rotatable bonds is 13. The molecule has 0 aliphatic carbocycles. The van der Waals surface area contributed by atoms with Gasteiger partial charge in [-0.2, -0.15) is 0 Å². The fourth-order valence-electron chi connectivity index (χ4n) is 3.85. The van der Waals surface area contributed by atoms with E-state index in [2.05, 4.69) is 13.8 Å². The maximum Gasteiger partial charge on any atom is 0.306 e. The lowest BCUT2D eigenvalue weighted by Crippen LogP contribution is -2.36. The van der Waals surface area contributed by atoms with Crippen molar-refractivity contribution in [3.05, 3.63) is 23.8 Å². The largest absolute Gasteiger partial charge is 0.493 e. The van der Waals surface area contributed by atoms with Gasteiger partial charge in [-0.3, -0.25) is 9.59 Å². The molecule has 3 atom stereocenters. The molecule has 168 valence electrons. The molecule has 1 aliphatic rings. The normalized spacial score (nSPS) is 18.2. The molecule has 3 unspecified atom stereocenters. The molecule has 1 amide bonds. The minimum atomic E-state index is -0.466. The Balaban J connectivity index is 2.11. The molecule has 1 aliphatic heterocycles. The molecule has 0 radical (unpaired) electrons. The van der Waals surface area contributed by atoms with Crippen molar-refractivity contribution < 1.29 is 28.5 Å². The fraction of sp³-hybridized carbons (Fsp3) is 0.652. The van der Waals surface area contributed by atoms with E-state index in [9.17, 15) is 9.59 Å². The van der Waals surface area contributed by atoms with Gasteiger partial charge in [0.2, 0.25) is 5.91 Å². The second-order valence-corrected chi connectivity index (χ2v) is 8.20. The molecule has 0 bridgehead atoms. The summed E-state index contributed by atoms with van der Waals surface area (Å²) in [5.41, 5.74) is 6.77. The van der Waals surface area contributed by atoms with E-state index < -0.39 is 17.9 Å². The fourth-order valence-corrected chi connectivity index (χ4v) is 3.85. The first kappa shape index (κ1) is 24.0. The average molecular weight is 422 g/mol. The minimum absolute atomic E-state index is 0.205. The van der Waals surface area contributed by atoms with Crippen molar-refractivity contribution >= 4 is 11.9 Å². The van der Waals surface area contributed by atoms with E-state index in [1.165, 1.54) is 0 Å². The number of hydrogen-bond donors (Lipinski definition) is 1. The Bertz CT molecular complexity index is 705. The van der Waals surface area contributed by atoms with E-state index in [1.54, 1.807) is 14.2 Å². The number of carbonyl (C=O) groups excluding carboxylic acids is 2. The highest BCUT2D eigenvalue weighted by Gasteiger charge is 2.36. The van der Waals surface area contributed by atoms with Crippen LogP contribution in [0.15, 0.2) is 18.2 Å². The molecule has 7 nitrogen and oxygen atoms in total. The van der Waals surface area contributed by atoms with Gasteiger partial charge < -0.3 is 24.7 Å². The molecule has 1 saturated heterocycles. The second kappa shape index (κ2) is 11.8. The molecule has 7 heteroatoms. The first-order valence-electron chi connectivity index (χ1n) is 10.6. The first-order chi connectivity index (χ1) is 14.3. The molecule has 1 aromatic rings. The number of nitrogens with two attached hydrogens (primary N) is 1. The molecular formula is C23H35NO6. The van der Waals surface area contributed by atoms with Crippen LogP contribution >= 0.6 is 0 Å². The van der Waals surface area contributed by atoms with Crippen LogP contribution in [0.5, 0.6) is 11.5 Å². The van der Waals surface area contributed by atoms with Gasteiger partial charge in [-0.25, -0.2) is 0 Å². The van der Waals surface area contributed by atoms with E-state index in [-0.39, 0.29) is 11.9 Å². The maximum absolute atomic E-state index is 12.1. The summed E-state index contributed by atoms with van der Waals surface area (Å²) in [5, 5.41) is 0. The van der Waals surface area contributed by atoms with Crippen molar-refractivity contribution in [1.29, 1.82) is 0 Å². The Morgan fingerprint density at radius 3 is 2.57 bits per heavy atom. The van der Waals surface area contributed by atoms with Crippen molar-refractivity contribution in [3.8, 4) is 11.5 Å². The van der Waals surface area contributed by atoms with Crippen molar-refractivity contribution in [2.45, 2.75) is 52.1 Å². The van der Waals surface area contributed by atoms with Gasteiger partial charge in [0.1, 0.15) is 6.10 Å². The number of ether oxygens (including phenoxy) is 4. The zero-order valence-electron chi connectivity index (χ0n) is 18.5. The lowest BCUT2D eigenvalue weighted by atomic mass is 9.79. The van der Waals surface area contributed by atoms with Gasteiger partial charge in [-0.05, 0) is 48.8 Å². The van der Waals surface area contributed by atoms with Gasteiger partial charge >= 0.3 is 5.97 Å². The maximum atomic E-state index is 12.1. The average Bonchev–Trinajstić information content (AvgIpc) is 3.13. The minimum Gasteiger partial charge on any atom is -0.493 e. The van der Waals surface area contributed by atoms with Gasteiger partial charge in [0.25, 0.3) is 0 Å². The zero-order valence-corrected chi connectivity index (χ0v) is 18.5. The van der Waals surface area contributed by atoms with Crippen LogP contribution in [0.3, 0.4) is 0 Å². The Kier molecular flexibility index (Phi) is 9.43. The van der Waals surface area contributed by atoms with Gasteiger partial charge in [-0.15, -0.1) is 0 Å². The second-order valence-electron chi connectivity index (χ2n) is 8.20. The van der Waals surface area contributed by atoms with Gasteiger partial charge in [0.15, 0.2) is 11.5 Å². The molecule has 1 heterocycles. The monoisotopic (exact) mass is 421 g/mol. The number of primary amides is 1. The summed E-state index contributed by atoms with van der Waals surface area (Å²) in [5.74, 6) is 0.797. The molecule has 1 aromatic carbocycles. The third-order valence-corrected chi connectivity index (χ3v) is 5.71. The third kappa shape index (κ3) is 6.90. The summed E-state index contributed by atoms with van der Waals surface area (Å²) >= 11 is 0. The highest BCUT2D eigenvalue weighted by atomic mass is 16.6. The summed E-state index contributed by atoms with van der Waals surface area (Å²) < 4.78 is 21.7. The van der Waals surface area contributed by atoms with Crippen molar-refractivity contribution in [2.24, 2.45) is 23.5 Å². The highest BCUT2D eigenvalue weighted by Crippen LogP contribution is 2.34. The van der Waals surface area contributed by atoms with Gasteiger partial charge in [-0.1, -0.05) is 19.9 Å². The quantitative estimate of drug-likeness (QED) is 0.388. The summed E-state index contributed by atoms with van der Waals surface area (Å²) in [6.07, 6.45) is 2.63. The van der Waals surface area contributed by atoms with E-state index in [0.717, 1.165) is 18.4 Å². The SMILES string of the molecule is COCCCOc1cc(CC(CC(C(N)=O)C2CCC(=O)O2)C(C)C)ccc1OC. The van der Waals surface area contributed by atoms with Crippen LogP contribution in [0, 0.1) is 17.8 Å². The smallest absolute Gasteiger partial charge is 0.306 e. The number of esters is 1. The predicted molar refractivity (Wildman–Crippen MR) is 113 cm³/mol. The Labute approximate surface area is 179 Å². The molecular weight excluding hydrogens is 386 g/mol. The van der Waals surface area contributed by atoms with Crippen LogP contribution in [-0.4, -0.2) is 45.4 Å². The van der Waals surface area contributed by atoms with Crippen LogP contribution in [0.4, 0.5) is 0 Å². The van der Waals surface area contributed by atoms with E-state index in [0.29, 0.717) is 49.9 Å². The molecule has 0 spiro atoms. The third-order valence-electron chi connectivity index (χ3n) is 5.71. The number of amides is 1. The molecule has 2 rings (SSSR count). The summed E-state index contributed by atoms with van der Waals surface area (Å²) in [4.78, 5) is 23.6. The highest BCUT2D eigenvalue weighted by molar-refractivity contribution is 5.79. The number of benzene rings is 1. The van der Waals surface area contributed by atoms with E-state index in [1.807, 2.05) is 18.2 Å². The number of methoxy groups -OCH3 is 2. The summed E-state index contributed by atoms with van der Waals surface area (Å²) in [7, 11) is 3.29. The van der Waals surface area contributed by atoms with E-state index in [4.69, 9.17) is 24.7 Å². The van der Waals surface area contributed by atoms with Crippen LogP contribution < -0.4 is 15.2 Å². The Morgan fingerprint density at radius 1 is 1.23 bits per heavy atom. The topological polar surface area (TPSA) is 97.1 Å². The van der Waals surface area contributed by atoms with Crippen molar-refractivity contribution in [2.75, 3.05) is 27.4 Å². The molecule has 0 saturated carbocycles. The van der Waals surface area contributed by atoms with Crippen molar-refractivity contribution in [1.82, 2.24) is 0 Å². The summed E-state index contributed by atoms with van der Waals surface area (Å²) in [6.45, 7) is 5.44. The lowest BCUT2D eigenvalue weighted by Gasteiger charge is -2.27. The number of carbonyl (C=O) groups is 2. The summed E-state index contributed by atoms with van der Waals surface area (Å²) in [6, 6.07) is 5.92. The molecule has 0 aromatic heterocycles. The lowest BCUT2D eigenvalue weighted by molar-refractivity contribution is -0.145. The van der Waals surface area contributed by atoms with E-state index >= 15 is 0 Å². The van der Waals surface area contributed by atoms with Crippen LogP contribution in [-0.2, 0) is 25.5 Å². The Morgan fingerprint density at radius 2 is 2.00 bits per heavy atom. The van der Waals surface area contributed by atoms with Gasteiger partial charge in [0.05, 0.1) is 19.6 Å². The van der Waals surface area contributed by atoms with Crippen LogP contribution in [0.2, 0.25) is 0 Å². The zero-order chi connectivity index (χ0) is 22.1. The first-order valence-corrected chi connectivity index (χ1v) is 10.6.